The maximum Gasteiger partial charge on any atom is 0.165 e. The molecule has 0 bridgehead atoms. The van der Waals surface area contributed by atoms with Crippen LogP contribution in [0.4, 0.5) is 4.39 Å². The topological polar surface area (TPSA) is 41.5 Å². The largest absolute Gasteiger partial charge is 0.488 e. The molecular weight excluding hydrogens is 233 g/mol. The third kappa shape index (κ3) is 5.47. The van der Waals surface area contributed by atoms with Crippen LogP contribution in [-0.2, 0) is 0 Å². The van der Waals surface area contributed by atoms with E-state index in [4.69, 9.17) is 4.74 Å². The summed E-state index contributed by atoms with van der Waals surface area (Å²) in [6.07, 6.45) is 0.475. The minimum Gasteiger partial charge on any atom is -0.488 e. The van der Waals surface area contributed by atoms with Crippen molar-refractivity contribution in [2.75, 3.05) is 19.7 Å². The molecule has 18 heavy (non-hydrogen) atoms. The van der Waals surface area contributed by atoms with Gasteiger partial charge in [-0.2, -0.15) is 0 Å². The standard InChI is InChI=1S/C14H22FNO2/c1-3-11(2)8-16-9-12(17)10-18-14-7-5-4-6-13(14)15/h4-7,11-12,16-17H,3,8-10H2,1-2H3. The molecule has 0 saturated carbocycles. The molecule has 2 N–H and O–H groups in total. The van der Waals surface area contributed by atoms with Crippen molar-refractivity contribution in [3.63, 3.8) is 0 Å². The van der Waals surface area contributed by atoms with E-state index in [0.29, 0.717) is 12.5 Å². The lowest BCUT2D eigenvalue weighted by atomic mass is 10.1. The summed E-state index contributed by atoms with van der Waals surface area (Å²) in [6.45, 7) is 5.69. The molecule has 0 saturated heterocycles. The Hall–Kier alpha value is -1.13. The average molecular weight is 255 g/mol. The second-order valence-corrected chi connectivity index (χ2v) is 4.57. The first kappa shape index (κ1) is 14.9. The lowest BCUT2D eigenvalue weighted by Crippen LogP contribution is -2.33. The highest BCUT2D eigenvalue weighted by atomic mass is 19.1. The van der Waals surface area contributed by atoms with Gasteiger partial charge >= 0.3 is 0 Å². The van der Waals surface area contributed by atoms with Gasteiger partial charge in [0.05, 0.1) is 0 Å². The lowest BCUT2D eigenvalue weighted by Gasteiger charge is -2.15. The van der Waals surface area contributed by atoms with Crippen LogP contribution in [0.2, 0.25) is 0 Å². The van der Waals surface area contributed by atoms with E-state index in [0.717, 1.165) is 13.0 Å². The zero-order valence-electron chi connectivity index (χ0n) is 11.0. The molecule has 2 atom stereocenters. The minimum atomic E-state index is -0.631. The van der Waals surface area contributed by atoms with E-state index >= 15 is 0 Å². The SMILES string of the molecule is CCC(C)CNCC(O)COc1ccccc1F. The Bertz CT molecular complexity index is 346. The van der Waals surface area contributed by atoms with Gasteiger partial charge in [-0.05, 0) is 24.6 Å². The number of aliphatic hydroxyl groups excluding tert-OH is 1. The number of para-hydroxylation sites is 1. The van der Waals surface area contributed by atoms with Gasteiger partial charge in [-0.1, -0.05) is 32.4 Å². The van der Waals surface area contributed by atoms with Crippen LogP contribution in [0, 0.1) is 11.7 Å². The van der Waals surface area contributed by atoms with Gasteiger partial charge in [-0.25, -0.2) is 4.39 Å². The summed E-state index contributed by atoms with van der Waals surface area (Å²) in [6, 6.07) is 6.19. The van der Waals surface area contributed by atoms with Crippen molar-refractivity contribution in [1.82, 2.24) is 5.32 Å². The highest BCUT2D eigenvalue weighted by Gasteiger charge is 2.08. The summed E-state index contributed by atoms with van der Waals surface area (Å²) >= 11 is 0. The number of hydrogen-bond donors (Lipinski definition) is 2. The van der Waals surface area contributed by atoms with E-state index in [-0.39, 0.29) is 12.4 Å². The number of nitrogens with one attached hydrogen (secondary N) is 1. The lowest BCUT2D eigenvalue weighted by molar-refractivity contribution is 0.103. The molecule has 0 amide bonds. The van der Waals surface area contributed by atoms with Gasteiger partial charge in [0, 0.05) is 6.54 Å². The second-order valence-electron chi connectivity index (χ2n) is 4.57. The van der Waals surface area contributed by atoms with Crippen molar-refractivity contribution in [3.05, 3.63) is 30.1 Å². The van der Waals surface area contributed by atoms with Crippen molar-refractivity contribution in [3.8, 4) is 5.75 Å². The summed E-state index contributed by atoms with van der Waals surface area (Å²) in [5.74, 6) is 0.362. The fourth-order valence-electron chi connectivity index (χ4n) is 1.45. The first-order valence-electron chi connectivity index (χ1n) is 6.39. The Labute approximate surface area is 108 Å². The van der Waals surface area contributed by atoms with Gasteiger partial charge in [-0.3, -0.25) is 0 Å². The van der Waals surface area contributed by atoms with Gasteiger partial charge in [0.1, 0.15) is 12.7 Å². The normalized spacial score (nSPS) is 14.2. The van der Waals surface area contributed by atoms with Crippen LogP contribution in [0.15, 0.2) is 24.3 Å². The first-order valence-corrected chi connectivity index (χ1v) is 6.39. The predicted octanol–water partition coefficient (Wildman–Crippen LogP) is 2.20. The molecule has 1 rings (SSSR count). The van der Waals surface area contributed by atoms with Crippen molar-refractivity contribution in [1.29, 1.82) is 0 Å². The van der Waals surface area contributed by atoms with Crippen LogP contribution >= 0.6 is 0 Å². The number of halogens is 1. The Morgan fingerprint density at radius 3 is 2.72 bits per heavy atom. The van der Waals surface area contributed by atoms with E-state index in [2.05, 4.69) is 19.2 Å². The third-order valence-corrected chi connectivity index (χ3v) is 2.84. The number of hydrogen-bond acceptors (Lipinski definition) is 3. The van der Waals surface area contributed by atoms with Crippen LogP contribution < -0.4 is 10.1 Å². The van der Waals surface area contributed by atoms with E-state index in [9.17, 15) is 9.50 Å². The first-order chi connectivity index (χ1) is 8.63. The van der Waals surface area contributed by atoms with Crippen LogP contribution in [0.1, 0.15) is 20.3 Å². The van der Waals surface area contributed by atoms with E-state index in [1.54, 1.807) is 18.2 Å². The zero-order chi connectivity index (χ0) is 13.4. The molecule has 1 aromatic rings. The second kappa shape index (κ2) is 8.06. The molecule has 0 aromatic heterocycles. The van der Waals surface area contributed by atoms with Crippen LogP contribution in [0.5, 0.6) is 5.75 Å². The Kier molecular flexibility index (Phi) is 6.68. The highest BCUT2D eigenvalue weighted by Crippen LogP contribution is 2.15. The van der Waals surface area contributed by atoms with Crippen LogP contribution in [0.3, 0.4) is 0 Å². The van der Waals surface area contributed by atoms with Crippen molar-refractivity contribution in [2.45, 2.75) is 26.4 Å². The molecule has 3 nitrogen and oxygen atoms in total. The van der Waals surface area contributed by atoms with Gasteiger partial charge in [0.15, 0.2) is 11.6 Å². The van der Waals surface area contributed by atoms with Crippen molar-refractivity contribution < 1.29 is 14.2 Å². The molecule has 4 heteroatoms. The molecule has 0 aliphatic rings. The molecule has 0 aliphatic carbocycles. The summed E-state index contributed by atoms with van der Waals surface area (Å²) in [7, 11) is 0. The molecule has 0 radical (unpaired) electrons. The highest BCUT2D eigenvalue weighted by molar-refractivity contribution is 5.23. The number of aliphatic hydroxyl groups is 1. The smallest absolute Gasteiger partial charge is 0.165 e. The monoisotopic (exact) mass is 255 g/mol. The molecule has 0 fully saturated rings. The quantitative estimate of drug-likeness (QED) is 0.748. The van der Waals surface area contributed by atoms with Crippen molar-refractivity contribution >= 4 is 0 Å². The Morgan fingerprint density at radius 1 is 1.33 bits per heavy atom. The van der Waals surface area contributed by atoms with Crippen LogP contribution in [0.25, 0.3) is 0 Å². The van der Waals surface area contributed by atoms with E-state index in [1.807, 2.05) is 0 Å². The summed E-state index contributed by atoms with van der Waals surface area (Å²) in [4.78, 5) is 0. The molecule has 2 unspecified atom stereocenters. The fraction of sp³-hybridized carbons (Fsp3) is 0.571. The molecule has 102 valence electrons. The van der Waals surface area contributed by atoms with Crippen molar-refractivity contribution in [2.24, 2.45) is 5.92 Å². The number of benzene rings is 1. The maximum atomic E-state index is 13.2. The van der Waals surface area contributed by atoms with E-state index in [1.165, 1.54) is 6.07 Å². The maximum absolute atomic E-state index is 13.2. The summed E-state index contributed by atoms with van der Waals surface area (Å²) < 4.78 is 18.4. The van der Waals surface area contributed by atoms with Gasteiger partial charge in [0.25, 0.3) is 0 Å². The molecular formula is C14H22FNO2. The van der Waals surface area contributed by atoms with Gasteiger partial charge < -0.3 is 15.2 Å². The summed E-state index contributed by atoms with van der Waals surface area (Å²) in [5, 5.41) is 12.8. The van der Waals surface area contributed by atoms with Crippen LogP contribution in [-0.4, -0.2) is 30.9 Å². The summed E-state index contributed by atoms with van der Waals surface area (Å²) in [5.41, 5.74) is 0. The van der Waals surface area contributed by atoms with Gasteiger partial charge in [-0.15, -0.1) is 0 Å². The average Bonchev–Trinajstić information content (AvgIpc) is 2.37. The minimum absolute atomic E-state index is 0.0917. The molecule has 0 heterocycles. The zero-order valence-corrected chi connectivity index (χ0v) is 11.0. The Morgan fingerprint density at radius 2 is 2.06 bits per heavy atom. The fourth-order valence-corrected chi connectivity index (χ4v) is 1.45. The third-order valence-electron chi connectivity index (χ3n) is 2.84. The number of rotatable bonds is 8. The number of ether oxygens (including phenoxy) is 1. The van der Waals surface area contributed by atoms with E-state index < -0.39 is 11.9 Å². The Balaban J connectivity index is 2.21. The molecule has 0 spiro atoms. The molecule has 0 aliphatic heterocycles. The molecule has 1 aromatic carbocycles. The van der Waals surface area contributed by atoms with Gasteiger partial charge in [0.2, 0.25) is 0 Å². The predicted molar refractivity (Wildman–Crippen MR) is 70.2 cm³/mol.